The zero-order valence-corrected chi connectivity index (χ0v) is 15.3. The third-order valence-electron chi connectivity index (χ3n) is 4.67. The van der Waals surface area contributed by atoms with Crippen LogP contribution < -0.4 is 4.74 Å². The lowest BCUT2D eigenvalue weighted by molar-refractivity contribution is 0.373. The first-order valence-corrected chi connectivity index (χ1v) is 8.38. The van der Waals surface area contributed by atoms with Crippen molar-refractivity contribution in [3.63, 3.8) is 0 Å². The number of fused-ring (bicyclic) bond motifs is 2. The smallest absolute Gasteiger partial charge is 0.165 e. The molecule has 1 aliphatic rings. The van der Waals surface area contributed by atoms with Gasteiger partial charge in [0.05, 0.1) is 0 Å². The molecule has 0 radical (unpaired) electrons. The van der Waals surface area contributed by atoms with Gasteiger partial charge in [-0.05, 0) is 34.1 Å². The molecule has 0 amide bonds. The molecule has 2 aromatic rings. The Morgan fingerprint density at radius 3 is 2.08 bits per heavy atom. The van der Waals surface area contributed by atoms with Gasteiger partial charge in [0.2, 0.25) is 0 Å². The number of benzene rings is 2. The van der Waals surface area contributed by atoms with Gasteiger partial charge >= 0.3 is 0 Å². The van der Waals surface area contributed by atoms with Crippen molar-refractivity contribution in [2.24, 2.45) is 0 Å². The molecular formula is C21H26O3. The molecule has 0 unspecified atom stereocenters. The number of aromatic hydroxyl groups is 2. The van der Waals surface area contributed by atoms with E-state index in [0.717, 1.165) is 11.3 Å². The van der Waals surface area contributed by atoms with Crippen LogP contribution in [0.2, 0.25) is 0 Å². The molecule has 1 heterocycles. The summed E-state index contributed by atoms with van der Waals surface area (Å²) in [6.45, 7) is 12.5. The van der Waals surface area contributed by atoms with E-state index in [-0.39, 0.29) is 22.3 Å². The Hall–Kier alpha value is -2.16. The highest BCUT2D eigenvalue weighted by molar-refractivity contribution is 5.63. The Balaban J connectivity index is 2.11. The molecule has 3 nitrogen and oxygen atoms in total. The minimum atomic E-state index is -0.284. The highest BCUT2D eigenvalue weighted by Gasteiger charge is 2.29. The first-order chi connectivity index (χ1) is 11.0. The number of hydrogen-bond donors (Lipinski definition) is 2. The number of ether oxygens (including phenoxy) is 1. The second-order valence-corrected chi connectivity index (χ2v) is 8.70. The van der Waals surface area contributed by atoms with Crippen molar-refractivity contribution in [3.05, 3.63) is 46.5 Å². The van der Waals surface area contributed by atoms with Crippen LogP contribution in [0.25, 0.3) is 0 Å². The van der Waals surface area contributed by atoms with Gasteiger partial charge in [-0.25, -0.2) is 0 Å². The Morgan fingerprint density at radius 2 is 1.50 bits per heavy atom. The van der Waals surface area contributed by atoms with Crippen molar-refractivity contribution in [1.82, 2.24) is 0 Å². The quantitative estimate of drug-likeness (QED) is 0.545. The Labute approximate surface area is 143 Å². The van der Waals surface area contributed by atoms with Gasteiger partial charge in [0.15, 0.2) is 11.5 Å². The van der Waals surface area contributed by atoms with Gasteiger partial charge in [-0.1, -0.05) is 53.7 Å². The number of hydrogen-bond acceptors (Lipinski definition) is 3. The Kier molecular flexibility index (Phi) is 3.59. The van der Waals surface area contributed by atoms with Crippen LogP contribution in [0.15, 0.2) is 24.3 Å². The SMILES string of the molecule is CC(C)(C)c1ccc2c(c1)Oc1cc(C(C)(C)C)c(O)c(O)c1C2. The van der Waals surface area contributed by atoms with E-state index in [4.69, 9.17) is 4.74 Å². The van der Waals surface area contributed by atoms with Gasteiger partial charge in [0.25, 0.3) is 0 Å². The van der Waals surface area contributed by atoms with Crippen LogP contribution in [-0.2, 0) is 17.3 Å². The summed E-state index contributed by atoms with van der Waals surface area (Å²) in [5.74, 6) is 1.36. The Morgan fingerprint density at radius 1 is 0.833 bits per heavy atom. The van der Waals surface area contributed by atoms with E-state index in [0.29, 0.717) is 23.3 Å². The molecule has 0 spiro atoms. The minimum absolute atomic E-state index is 0.0420. The van der Waals surface area contributed by atoms with Crippen molar-refractivity contribution in [2.75, 3.05) is 0 Å². The maximum Gasteiger partial charge on any atom is 0.165 e. The topological polar surface area (TPSA) is 49.7 Å². The fourth-order valence-electron chi connectivity index (χ4n) is 3.08. The Bertz CT molecular complexity index is 805. The largest absolute Gasteiger partial charge is 0.504 e. The van der Waals surface area contributed by atoms with Crippen LogP contribution >= 0.6 is 0 Å². The fraction of sp³-hybridized carbons (Fsp3) is 0.429. The lowest BCUT2D eigenvalue weighted by Gasteiger charge is -2.28. The van der Waals surface area contributed by atoms with Crippen LogP contribution in [0.1, 0.15) is 63.8 Å². The van der Waals surface area contributed by atoms with Gasteiger partial charge in [-0.15, -0.1) is 0 Å². The van der Waals surface area contributed by atoms with E-state index >= 15 is 0 Å². The zero-order valence-electron chi connectivity index (χ0n) is 15.3. The summed E-state index contributed by atoms with van der Waals surface area (Å²) in [7, 11) is 0. The monoisotopic (exact) mass is 326 g/mol. The number of phenolic OH excluding ortho intramolecular Hbond substituents is 2. The van der Waals surface area contributed by atoms with Gasteiger partial charge in [-0.2, -0.15) is 0 Å². The van der Waals surface area contributed by atoms with E-state index in [2.05, 4.69) is 32.9 Å². The average molecular weight is 326 g/mol. The van der Waals surface area contributed by atoms with Crippen LogP contribution in [0, 0.1) is 0 Å². The lowest BCUT2D eigenvalue weighted by atomic mass is 9.83. The predicted octanol–water partition coefficient (Wildman–Crippen LogP) is 5.39. The summed E-state index contributed by atoms with van der Waals surface area (Å²) in [5, 5.41) is 20.8. The molecule has 0 fully saturated rings. The van der Waals surface area contributed by atoms with Crippen LogP contribution in [0.4, 0.5) is 0 Å². The molecule has 3 heteroatoms. The molecule has 0 atom stereocenters. The summed E-state index contributed by atoms with van der Waals surface area (Å²) in [6, 6.07) is 8.09. The summed E-state index contributed by atoms with van der Waals surface area (Å²) in [6.07, 6.45) is 0.554. The number of phenols is 2. The van der Waals surface area contributed by atoms with E-state index in [1.54, 1.807) is 0 Å². The van der Waals surface area contributed by atoms with Gasteiger partial charge < -0.3 is 14.9 Å². The van der Waals surface area contributed by atoms with Crippen molar-refractivity contribution in [3.8, 4) is 23.0 Å². The normalized spacial score (nSPS) is 13.9. The first-order valence-electron chi connectivity index (χ1n) is 8.38. The second kappa shape index (κ2) is 5.17. The molecule has 2 aromatic carbocycles. The van der Waals surface area contributed by atoms with Crippen molar-refractivity contribution < 1.29 is 14.9 Å². The third kappa shape index (κ3) is 2.72. The van der Waals surface area contributed by atoms with E-state index in [1.807, 2.05) is 32.9 Å². The standard InChI is InChI=1S/C21H26O3/c1-20(2,3)13-8-7-12-9-14-17(24-16(12)10-13)11-15(21(4,5)6)19(23)18(14)22/h7-8,10-11,22-23H,9H2,1-6H3. The third-order valence-corrected chi connectivity index (χ3v) is 4.67. The minimum Gasteiger partial charge on any atom is -0.504 e. The molecule has 2 N–H and O–H groups in total. The highest BCUT2D eigenvalue weighted by atomic mass is 16.5. The average Bonchev–Trinajstić information content (AvgIpc) is 2.46. The first kappa shape index (κ1) is 16.7. The molecule has 0 saturated heterocycles. The maximum absolute atomic E-state index is 10.5. The predicted molar refractivity (Wildman–Crippen MR) is 96.5 cm³/mol. The maximum atomic E-state index is 10.5. The molecule has 0 bridgehead atoms. The zero-order chi connectivity index (χ0) is 17.9. The summed E-state index contributed by atoms with van der Waals surface area (Å²) in [4.78, 5) is 0. The summed E-state index contributed by atoms with van der Waals surface area (Å²) < 4.78 is 6.11. The van der Waals surface area contributed by atoms with Crippen molar-refractivity contribution in [2.45, 2.75) is 58.8 Å². The van der Waals surface area contributed by atoms with Crippen LogP contribution in [0.5, 0.6) is 23.0 Å². The molecule has 0 aliphatic carbocycles. The van der Waals surface area contributed by atoms with Gasteiger partial charge in [0, 0.05) is 17.5 Å². The fourth-order valence-corrected chi connectivity index (χ4v) is 3.08. The molecule has 1 aliphatic heterocycles. The second-order valence-electron chi connectivity index (χ2n) is 8.70. The lowest BCUT2D eigenvalue weighted by Crippen LogP contribution is -2.15. The summed E-state index contributed by atoms with van der Waals surface area (Å²) in [5.41, 5.74) is 3.34. The van der Waals surface area contributed by atoms with Crippen LogP contribution in [-0.4, -0.2) is 10.2 Å². The van der Waals surface area contributed by atoms with Gasteiger partial charge in [-0.3, -0.25) is 0 Å². The van der Waals surface area contributed by atoms with E-state index < -0.39 is 0 Å². The molecule has 24 heavy (non-hydrogen) atoms. The molecule has 0 saturated carbocycles. The van der Waals surface area contributed by atoms with Crippen molar-refractivity contribution in [1.29, 1.82) is 0 Å². The van der Waals surface area contributed by atoms with E-state index in [9.17, 15) is 10.2 Å². The van der Waals surface area contributed by atoms with Crippen molar-refractivity contribution >= 4 is 0 Å². The molecular weight excluding hydrogens is 300 g/mol. The highest BCUT2D eigenvalue weighted by Crippen LogP contribution is 2.49. The summed E-state index contributed by atoms with van der Waals surface area (Å²) >= 11 is 0. The molecule has 0 aromatic heterocycles. The van der Waals surface area contributed by atoms with Crippen LogP contribution in [0.3, 0.4) is 0 Å². The molecule has 128 valence electrons. The van der Waals surface area contributed by atoms with Gasteiger partial charge in [0.1, 0.15) is 11.5 Å². The van der Waals surface area contributed by atoms with E-state index in [1.165, 1.54) is 5.56 Å². The number of rotatable bonds is 0. The molecule has 3 rings (SSSR count).